The summed E-state index contributed by atoms with van der Waals surface area (Å²) < 4.78 is 40.7. The van der Waals surface area contributed by atoms with Gasteiger partial charge >= 0.3 is 11.8 Å². The molecule has 1 atom stereocenters. The highest BCUT2D eigenvalue weighted by molar-refractivity contribution is 8.14. The Bertz CT molecular complexity index is 771. The number of aliphatic imine (C=N–C) groups is 1. The highest BCUT2D eigenvalue weighted by Crippen LogP contribution is 2.41. The fraction of sp³-hybridized carbons (Fsp3) is 0.308. The number of amides is 2. The van der Waals surface area contributed by atoms with E-state index in [0.717, 1.165) is 16.7 Å². The summed E-state index contributed by atoms with van der Waals surface area (Å²) in [6, 6.07) is 3.69. The number of rotatable bonds is 2. The number of fused-ring (bicyclic) bond motifs is 1. The van der Waals surface area contributed by atoms with Gasteiger partial charge in [-0.1, -0.05) is 35.0 Å². The van der Waals surface area contributed by atoms with Crippen molar-refractivity contribution in [3.63, 3.8) is 0 Å². The van der Waals surface area contributed by atoms with Gasteiger partial charge in [0.15, 0.2) is 5.17 Å². The molecule has 1 aromatic rings. The zero-order chi connectivity index (χ0) is 17.7. The molecule has 128 valence electrons. The molecule has 2 heterocycles. The first-order valence-corrected chi connectivity index (χ1v) is 8.29. The summed E-state index contributed by atoms with van der Waals surface area (Å²) in [5.74, 6) is -2.04. The van der Waals surface area contributed by atoms with E-state index >= 15 is 0 Å². The van der Waals surface area contributed by atoms with E-state index in [1.165, 1.54) is 18.2 Å². The van der Waals surface area contributed by atoms with Gasteiger partial charge in [-0.3, -0.25) is 14.5 Å². The second kappa shape index (κ2) is 5.82. The van der Waals surface area contributed by atoms with Crippen LogP contribution < -0.4 is 5.32 Å². The summed E-state index contributed by atoms with van der Waals surface area (Å²) in [7, 11) is 0. The normalized spacial score (nSPS) is 23.3. The van der Waals surface area contributed by atoms with Crippen LogP contribution in [0.4, 0.5) is 13.2 Å². The zero-order valence-corrected chi connectivity index (χ0v) is 14.0. The molecule has 0 aromatic heterocycles. The van der Waals surface area contributed by atoms with E-state index < -0.39 is 23.7 Å². The highest BCUT2D eigenvalue weighted by Gasteiger charge is 2.67. The lowest BCUT2D eigenvalue weighted by Gasteiger charge is -2.28. The van der Waals surface area contributed by atoms with Crippen LogP contribution in [0, 0.1) is 0 Å². The topological polar surface area (TPSA) is 61.8 Å². The van der Waals surface area contributed by atoms with Crippen molar-refractivity contribution in [1.29, 1.82) is 0 Å². The first kappa shape index (κ1) is 17.4. The van der Waals surface area contributed by atoms with Crippen LogP contribution in [-0.4, -0.2) is 46.0 Å². The van der Waals surface area contributed by atoms with Gasteiger partial charge in [0.2, 0.25) is 0 Å². The van der Waals surface area contributed by atoms with E-state index in [4.69, 9.17) is 23.2 Å². The Morgan fingerprint density at radius 3 is 2.67 bits per heavy atom. The quantitative estimate of drug-likeness (QED) is 0.834. The number of benzene rings is 1. The van der Waals surface area contributed by atoms with E-state index in [-0.39, 0.29) is 27.3 Å². The summed E-state index contributed by atoms with van der Waals surface area (Å²) in [6.07, 6.45) is -5.10. The number of hydrogen-bond acceptors (Lipinski definition) is 4. The monoisotopic (exact) mass is 397 g/mol. The number of carbonyl (C=O) groups excluding carboxylic acids is 2. The van der Waals surface area contributed by atoms with E-state index in [0.29, 0.717) is 5.75 Å². The second-order valence-corrected chi connectivity index (χ2v) is 6.89. The van der Waals surface area contributed by atoms with Crippen molar-refractivity contribution in [2.45, 2.75) is 11.8 Å². The number of thioether (sulfide) groups is 1. The molecule has 0 spiro atoms. The molecule has 24 heavy (non-hydrogen) atoms. The third kappa shape index (κ3) is 2.64. The van der Waals surface area contributed by atoms with Gasteiger partial charge in [-0.25, -0.2) is 4.99 Å². The van der Waals surface area contributed by atoms with Crippen LogP contribution in [0.15, 0.2) is 23.2 Å². The van der Waals surface area contributed by atoms with E-state index in [2.05, 4.69) is 4.99 Å². The lowest BCUT2D eigenvalue weighted by atomic mass is 10.1. The van der Waals surface area contributed by atoms with E-state index in [9.17, 15) is 22.8 Å². The summed E-state index contributed by atoms with van der Waals surface area (Å²) >= 11 is 12.6. The molecular formula is C13H8Cl2F3N3O2S. The molecule has 1 N–H and O–H groups in total. The van der Waals surface area contributed by atoms with Crippen LogP contribution >= 0.6 is 35.0 Å². The lowest BCUT2D eigenvalue weighted by molar-refractivity contribution is -0.196. The van der Waals surface area contributed by atoms with Gasteiger partial charge in [0, 0.05) is 17.3 Å². The maximum Gasteiger partial charge on any atom is 0.442 e. The Hall–Kier alpha value is -1.45. The number of amidine groups is 1. The minimum absolute atomic E-state index is 0.0557. The zero-order valence-electron chi connectivity index (χ0n) is 11.7. The SMILES string of the molecule is O=C(NC1(C(F)(F)F)N=C2SCCN2C1=O)c1ccc(Cl)cc1Cl. The van der Waals surface area contributed by atoms with Crippen LogP contribution in [0.2, 0.25) is 10.0 Å². The van der Waals surface area contributed by atoms with Crippen molar-refractivity contribution < 1.29 is 22.8 Å². The van der Waals surface area contributed by atoms with E-state index in [1.54, 1.807) is 5.32 Å². The van der Waals surface area contributed by atoms with Crippen LogP contribution in [0.1, 0.15) is 10.4 Å². The number of nitrogens with zero attached hydrogens (tertiary/aromatic N) is 2. The predicted octanol–water partition coefficient (Wildman–Crippen LogP) is 2.93. The van der Waals surface area contributed by atoms with Crippen LogP contribution in [0.25, 0.3) is 0 Å². The van der Waals surface area contributed by atoms with Gasteiger partial charge in [0.05, 0.1) is 10.6 Å². The summed E-state index contributed by atoms with van der Waals surface area (Å²) in [5, 5.41) is 1.73. The first-order chi connectivity index (χ1) is 11.2. The number of nitrogens with one attached hydrogen (secondary N) is 1. The average molecular weight is 398 g/mol. The fourth-order valence-electron chi connectivity index (χ4n) is 2.31. The highest BCUT2D eigenvalue weighted by atomic mass is 35.5. The molecule has 2 aliphatic heterocycles. The third-order valence-corrected chi connectivity index (χ3v) is 4.98. The van der Waals surface area contributed by atoms with Crippen molar-refractivity contribution in [3.8, 4) is 0 Å². The third-order valence-electron chi connectivity index (χ3n) is 3.48. The smallest absolute Gasteiger partial charge is 0.312 e. The number of carbonyl (C=O) groups is 2. The molecule has 0 saturated carbocycles. The minimum Gasteiger partial charge on any atom is -0.312 e. The Labute approximate surface area is 148 Å². The molecular weight excluding hydrogens is 390 g/mol. The Morgan fingerprint density at radius 2 is 2.08 bits per heavy atom. The summed E-state index contributed by atoms with van der Waals surface area (Å²) in [6.45, 7) is 0.109. The standard InChI is InChI=1S/C13H8Cl2F3N3O2S/c14-6-1-2-7(8(15)5-6)9(22)19-12(13(16,17)18)10(23)21-3-4-24-11(21)20-12/h1-2,5H,3-4H2,(H,19,22). The largest absolute Gasteiger partial charge is 0.442 e. The molecule has 0 radical (unpaired) electrons. The van der Waals surface area contributed by atoms with Crippen LogP contribution in [0.3, 0.4) is 0 Å². The summed E-state index contributed by atoms with van der Waals surface area (Å²) in [5.41, 5.74) is -3.58. The van der Waals surface area contributed by atoms with Gasteiger partial charge in [0.1, 0.15) is 0 Å². The van der Waals surface area contributed by atoms with Crippen molar-refractivity contribution >= 4 is 51.9 Å². The van der Waals surface area contributed by atoms with E-state index in [1.807, 2.05) is 0 Å². The van der Waals surface area contributed by atoms with Crippen molar-refractivity contribution in [3.05, 3.63) is 33.8 Å². The first-order valence-electron chi connectivity index (χ1n) is 6.54. The second-order valence-electron chi connectivity index (χ2n) is 4.99. The maximum atomic E-state index is 13.6. The molecule has 1 unspecified atom stereocenters. The fourth-order valence-corrected chi connectivity index (χ4v) is 3.79. The minimum atomic E-state index is -5.10. The maximum absolute atomic E-state index is 13.6. The molecule has 1 aromatic carbocycles. The molecule has 0 bridgehead atoms. The van der Waals surface area contributed by atoms with Gasteiger partial charge < -0.3 is 5.32 Å². The van der Waals surface area contributed by atoms with Gasteiger partial charge in [0.25, 0.3) is 11.8 Å². The van der Waals surface area contributed by atoms with Crippen LogP contribution in [0.5, 0.6) is 0 Å². The molecule has 1 fully saturated rings. The van der Waals surface area contributed by atoms with Crippen LogP contribution in [-0.2, 0) is 4.79 Å². The number of halogens is 5. The van der Waals surface area contributed by atoms with Gasteiger partial charge in [-0.05, 0) is 18.2 Å². The molecule has 3 rings (SSSR count). The average Bonchev–Trinajstić information content (AvgIpc) is 3.01. The molecule has 11 heteroatoms. The Kier molecular flexibility index (Phi) is 4.21. The predicted molar refractivity (Wildman–Crippen MR) is 84.3 cm³/mol. The molecule has 1 saturated heterocycles. The molecule has 5 nitrogen and oxygen atoms in total. The van der Waals surface area contributed by atoms with Crippen molar-refractivity contribution in [1.82, 2.24) is 10.2 Å². The molecule has 2 amide bonds. The molecule has 0 aliphatic carbocycles. The summed E-state index contributed by atoms with van der Waals surface area (Å²) in [4.78, 5) is 28.9. The van der Waals surface area contributed by atoms with Crippen molar-refractivity contribution in [2.75, 3.05) is 12.3 Å². The van der Waals surface area contributed by atoms with Crippen molar-refractivity contribution in [2.24, 2.45) is 4.99 Å². The van der Waals surface area contributed by atoms with Gasteiger partial charge in [-0.2, -0.15) is 13.2 Å². The number of hydrogen-bond donors (Lipinski definition) is 1. The molecule has 2 aliphatic rings. The Morgan fingerprint density at radius 1 is 1.38 bits per heavy atom. The van der Waals surface area contributed by atoms with Gasteiger partial charge in [-0.15, -0.1) is 0 Å². The lowest BCUT2D eigenvalue weighted by Crippen LogP contribution is -2.63. The Balaban J connectivity index is 1.99. The number of alkyl halides is 3.